The van der Waals surface area contributed by atoms with Gasteiger partial charge in [0.25, 0.3) is 0 Å². The number of nitrogens with one attached hydrogen (secondary N) is 1. The lowest BCUT2D eigenvalue weighted by molar-refractivity contribution is 0.210. The van der Waals surface area contributed by atoms with Gasteiger partial charge < -0.3 is 4.74 Å². The van der Waals surface area contributed by atoms with Gasteiger partial charge in [-0.05, 0) is 49.3 Å². The normalized spacial score (nSPS) is 13.6. The fourth-order valence-corrected chi connectivity index (χ4v) is 3.00. The molecule has 3 heteroatoms. The van der Waals surface area contributed by atoms with Crippen LogP contribution in [-0.4, -0.2) is 6.10 Å². The third-order valence-corrected chi connectivity index (χ3v) is 3.72. The van der Waals surface area contributed by atoms with Gasteiger partial charge in [-0.15, -0.1) is 0 Å². The van der Waals surface area contributed by atoms with Crippen molar-refractivity contribution in [3.8, 4) is 5.75 Å². The van der Waals surface area contributed by atoms with Gasteiger partial charge in [-0.1, -0.05) is 39.8 Å². The van der Waals surface area contributed by atoms with Crippen molar-refractivity contribution in [2.75, 3.05) is 0 Å². The minimum absolute atomic E-state index is 0.170. The minimum Gasteiger partial charge on any atom is -0.491 e. The van der Waals surface area contributed by atoms with Crippen molar-refractivity contribution in [1.29, 1.82) is 0 Å². The van der Waals surface area contributed by atoms with Gasteiger partial charge in [-0.2, -0.15) is 0 Å². The van der Waals surface area contributed by atoms with Crippen LogP contribution in [-0.2, 0) is 0 Å². The van der Waals surface area contributed by atoms with Crippen molar-refractivity contribution < 1.29 is 4.74 Å². The first-order valence-electron chi connectivity index (χ1n) is 7.59. The number of rotatable bonds is 7. The maximum Gasteiger partial charge on any atom is 0.119 e. The first kappa shape index (κ1) is 17.0. The van der Waals surface area contributed by atoms with E-state index >= 15 is 0 Å². The van der Waals surface area contributed by atoms with Gasteiger partial charge >= 0.3 is 0 Å². The molecule has 1 rings (SSSR count). The monoisotopic (exact) mass is 278 g/mol. The molecule has 3 N–H and O–H groups in total. The molecule has 0 radical (unpaired) electrons. The average molecular weight is 278 g/mol. The number of ether oxygens (including phenoxy) is 1. The maximum atomic E-state index is 5.82. The van der Waals surface area contributed by atoms with Crippen LogP contribution in [0.25, 0.3) is 0 Å². The molecule has 114 valence electrons. The highest BCUT2D eigenvalue weighted by molar-refractivity contribution is 5.29. The molecule has 0 saturated heterocycles. The van der Waals surface area contributed by atoms with E-state index in [4.69, 9.17) is 10.6 Å². The Bertz CT molecular complexity index is 376. The number of nitrogens with two attached hydrogens (primary N) is 1. The predicted octanol–water partition coefficient (Wildman–Crippen LogP) is 3.91. The second kappa shape index (κ2) is 7.65. The Hall–Kier alpha value is -1.06. The summed E-state index contributed by atoms with van der Waals surface area (Å²) >= 11 is 0. The van der Waals surface area contributed by atoms with Crippen LogP contribution >= 0.6 is 0 Å². The van der Waals surface area contributed by atoms with Crippen molar-refractivity contribution in [3.63, 3.8) is 0 Å². The molecule has 0 amide bonds. The summed E-state index contributed by atoms with van der Waals surface area (Å²) in [6.07, 6.45) is 0.198. The third-order valence-electron chi connectivity index (χ3n) is 3.72. The number of hydrazine groups is 1. The summed E-state index contributed by atoms with van der Waals surface area (Å²) in [6, 6.07) is 8.44. The van der Waals surface area contributed by atoms with E-state index in [0.717, 1.165) is 5.75 Å². The highest BCUT2D eigenvalue weighted by Gasteiger charge is 2.27. The van der Waals surface area contributed by atoms with Crippen LogP contribution in [0.3, 0.4) is 0 Å². The van der Waals surface area contributed by atoms with Crippen LogP contribution in [0.4, 0.5) is 0 Å². The van der Waals surface area contributed by atoms with E-state index in [1.54, 1.807) is 0 Å². The highest BCUT2D eigenvalue weighted by Crippen LogP contribution is 2.34. The Morgan fingerprint density at radius 2 is 1.40 bits per heavy atom. The molecule has 0 aliphatic heterocycles. The van der Waals surface area contributed by atoms with Crippen molar-refractivity contribution in [2.45, 2.75) is 53.7 Å². The van der Waals surface area contributed by atoms with Crippen molar-refractivity contribution in [2.24, 2.45) is 23.6 Å². The van der Waals surface area contributed by atoms with E-state index < -0.39 is 0 Å². The average Bonchev–Trinajstić information content (AvgIpc) is 2.35. The summed E-state index contributed by atoms with van der Waals surface area (Å²) in [6.45, 7) is 13.1. The van der Waals surface area contributed by atoms with Crippen molar-refractivity contribution in [3.05, 3.63) is 29.8 Å². The van der Waals surface area contributed by atoms with Crippen LogP contribution in [0.2, 0.25) is 0 Å². The second-order valence-electron chi connectivity index (χ2n) is 6.45. The first-order valence-corrected chi connectivity index (χ1v) is 7.59. The molecule has 0 saturated carbocycles. The van der Waals surface area contributed by atoms with Crippen LogP contribution < -0.4 is 16.0 Å². The molecule has 1 aromatic rings. The first-order chi connectivity index (χ1) is 9.36. The Labute approximate surface area is 123 Å². The van der Waals surface area contributed by atoms with Crippen LogP contribution in [0, 0.1) is 17.8 Å². The lowest BCUT2D eigenvalue weighted by Gasteiger charge is -2.33. The molecule has 0 aliphatic carbocycles. The Kier molecular flexibility index (Phi) is 6.50. The molecule has 20 heavy (non-hydrogen) atoms. The molecule has 0 bridgehead atoms. The second-order valence-corrected chi connectivity index (χ2v) is 6.45. The summed E-state index contributed by atoms with van der Waals surface area (Å²) < 4.78 is 5.69. The van der Waals surface area contributed by atoms with Crippen molar-refractivity contribution in [1.82, 2.24) is 5.43 Å². The Morgan fingerprint density at radius 1 is 0.900 bits per heavy atom. The van der Waals surface area contributed by atoms with E-state index in [1.807, 2.05) is 26.0 Å². The highest BCUT2D eigenvalue weighted by atomic mass is 16.5. The van der Waals surface area contributed by atoms with Crippen molar-refractivity contribution >= 4 is 0 Å². The van der Waals surface area contributed by atoms with Crippen LogP contribution in [0.5, 0.6) is 5.75 Å². The zero-order chi connectivity index (χ0) is 15.3. The van der Waals surface area contributed by atoms with Gasteiger partial charge in [0, 0.05) is 6.04 Å². The van der Waals surface area contributed by atoms with E-state index in [9.17, 15) is 0 Å². The van der Waals surface area contributed by atoms with Gasteiger partial charge in [0.15, 0.2) is 0 Å². The summed E-state index contributed by atoms with van der Waals surface area (Å²) in [5.74, 6) is 8.37. The predicted molar refractivity (Wildman–Crippen MR) is 85.4 cm³/mol. The largest absolute Gasteiger partial charge is 0.491 e. The van der Waals surface area contributed by atoms with E-state index in [1.165, 1.54) is 5.56 Å². The Balaban J connectivity index is 2.94. The molecule has 0 spiro atoms. The summed E-state index contributed by atoms with van der Waals surface area (Å²) in [7, 11) is 0. The molecule has 0 heterocycles. The standard InChI is InChI=1S/C17H30N2O/c1-11(2)16(12(3)4)17(19-18)14-7-9-15(10-8-14)20-13(5)6/h7-13,16-17,19H,18H2,1-6H3. The third kappa shape index (κ3) is 4.50. The van der Waals surface area contributed by atoms with Gasteiger partial charge in [0.2, 0.25) is 0 Å². The van der Waals surface area contributed by atoms with Gasteiger partial charge in [0.05, 0.1) is 6.10 Å². The fourth-order valence-electron chi connectivity index (χ4n) is 3.00. The fraction of sp³-hybridized carbons (Fsp3) is 0.647. The summed E-state index contributed by atoms with van der Waals surface area (Å²) in [5, 5.41) is 0. The zero-order valence-corrected chi connectivity index (χ0v) is 13.7. The molecule has 0 fully saturated rings. The van der Waals surface area contributed by atoms with Gasteiger partial charge in [-0.3, -0.25) is 11.3 Å². The zero-order valence-electron chi connectivity index (χ0n) is 13.7. The number of benzene rings is 1. The molecule has 1 unspecified atom stereocenters. The van der Waals surface area contributed by atoms with Gasteiger partial charge in [0.1, 0.15) is 5.75 Å². The number of hydrogen-bond acceptors (Lipinski definition) is 3. The lowest BCUT2D eigenvalue weighted by Crippen LogP contribution is -2.38. The summed E-state index contributed by atoms with van der Waals surface area (Å²) in [4.78, 5) is 0. The van der Waals surface area contributed by atoms with E-state index in [-0.39, 0.29) is 12.1 Å². The van der Waals surface area contributed by atoms with E-state index in [2.05, 4.69) is 45.3 Å². The molecular weight excluding hydrogens is 248 g/mol. The Morgan fingerprint density at radius 3 is 1.75 bits per heavy atom. The minimum atomic E-state index is 0.170. The lowest BCUT2D eigenvalue weighted by atomic mass is 9.77. The van der Waals surface area contributed by atoms with Crippen LogP contribution in [0.1, 0.15) is 53.1 Å². The maximum absolute atomic E-state index is 5.82. The molecule has 3 nitrogen and oxygen atoms in total. The molecular formula is C17H30N2O. The van der Waals surface area contributed by atoms with E-state index in [0.29, 0.717) is 17.8 Å². The quantitative estimate of drug-likeness (QED) is 0.587. The molecule has 1 aromatic carbocycles. The molecule has 0 aliphatic rings. The molecule has 0 aromatic heterocycles. The smallest absolute Gasteiger partial charge is 0.119 e. The summed E-state index contributed by atoms with van der Waals surface area (Å²) in [5.41, 5.74) is 4.22. The topological polar surface area (TPSA) is 47.3 Å². The van der Waals surface area contributed by atoms with Crippen LogP contribution in [0.15, 0.2) is 24.3 Å². The van der Waals surface area contributed by atoms with Gasteiger partial charge in [-0.25, -0.2) is 0 Å². The molecule has 1 atom stereocenters. The number of hydrogen-bond donors (Lipinski definition) is 2. The SMILES string of the molecule is CC(C)Oc1ccc(C(NN)C(C(C)C)C(C)C)cc1.